The predicted molar refractivity (Wildman–Crippen MR) is 74.2 cm³/mol. The van der Waals surface area contributed by atoms with Crippen molar-refractivity contribution in [2.24, 2.45) is 5.41 Å². The maximum Gasteiger partial charge on any atom is 0.233 e. The summed E-state index contributed by atoms with van der Waals surface area (Å²) in [4.78, 5) is 15.0. The standard InChI is InChI=1S/C16H23NO2/c1-11-9-16(7-5-4-6-8-16)15(18)17(11)14-10-19-13(3)12(14)2/h11H,3-10H2,1-2H3. The summed E-state index contributed by atoms with van der Waals surface area (Å²) in [5, 5.41) is 0. The average Bonchev–Trinajstić information content (AvgIpc) is 2.82. The summed E-state index contributed by atoms with van der Waals surface area (Å²) in [6.07, 6.45) is 6.84. The van der Waals surface area contributed by atoms with E-state index in [9.17, 15) is 4.79 Å². The van der Waals surface area contributed by atoms with Crippen molar-refractivity contribution in [3.05, 3.63) is 23.6 Å². The number of hydrogen-bond donors (Lipinski definition) is 0. The first-order valence-electron chi connectivity index (χ1n) is 7.41. The van der Waals surface area contributed by atoms with E-state index in [-0.39, 0.29) is 5.41 Å². The molecule has 0 aromatic heterocycles. The molecule has 0 bridgehead atoms. The van der Waals surface area contributed by atoms with Crippen LogP contribution in [0.3, 0.4) is 0 Å². The van der Waals surface area contributed by atoms with Crippen LogP contribution in [0.15, 0.2) is 23.6 Å². The second kappa shape index (κ2) is 4.39. The monoisotopic (exact) mass is 261 g/mol. The summed E-state index contributed by atoms with van der Waals surface area (Å²) in [7, 11) is 0. The molecule has 0 aromatic rings. The maximum atomic E-state index is 12.9. The van der Waals surface area contributed by atoms with Crippen LogP contribution >= 0.6 is 0 Å². The molecule has 2 heterocycles. The lowest BCUT2D eigenvalue weighted by molar-refractivity contribution is -0.136. The Kier molecular flexibility index (Phi) is 2.95. The van der Waals surface area contributed by atoms with E-state index in [4.69, 9.17) is 4.74 Å². The van der Waals surface area contributed by atoms with E-state index < -0.39 is 0 Å². The molecule has 1 saturated heterocycles. The van der Waals surface area contributed by atoms with Gasteiger partial charge < -0.3 is 9.64 Å². The van der Waals surface area contributed by atoms with Crippen LogP contribution in [0, 0.1) is 5.41 Å². The van der Waals surface area contributed by atoms with E-state index in [2.05, 4.69) is 13.5 Å². The second-order valence-corrected chi connectivity index (χ2v) is 6.35. The van der Waals surface area contributed by atoms with Gasteiger partial charge >= 0.3 is 0 Å². The van der Waals surface area contributed by atoms with E-state index in [0.29, 0.717) is 18.6 Å². The molecule has 2 fully saturated rings. The molecular weight excluding hydrogens is 238 g/mol. The Morgan fingerprint density at radius 1 is 1.32 bits per heavy atom. The Bertz CT molecular complexity index is 457. The fourth-order valence-corrected chi connectivity index (χ4v) is 4.02. The summed E-state index contributed by atoms with van der Waals surface area (Å²) >= 11 is 0. The SMILES string of the molecule is C=C1OCC(N2C(=O)C3(CCCCC3)CC2C)=C1C. The van der Waals surface area contributed by atoms with Crippen LogP contribution in [-0.4, -0.2) is 23.5 Å². The van der Waals surface area contributed by atoms with Gasteiger partial charge in [0.05, 0.1) is 11.1 Å². The number of nitrogens with zero attached hydrogens (tertiary/aromatic N) is 1. The molecule has 0 N–H and O–H groups in total. The molecule has 2 aliphatic heterocycles. The minimum atomic E-state index is -0.0745. The minimum Gasteiger partial charge on any atom is -0.488 e. The lowest BCUT2D eigenvalue weighted by Crippen LogP contribution is -2.37. The highest BCUT2D eigenvalue weighted by Gasteiger charge is 2.51. The lowest BCUT2D eigenvalue weighted by atomic mass is 9.72. The van der Waals surface area contributed by atoms with E-state index in [0.717, 1.165) is 36.3 Å². The van der Waals surface area contributed by atoms with Crippen LogP contribution in [0.4, 0.5) is 0 Å². The predicted octanol–water partition coefficient (Wildman–Crippen LogP) is 3.38. The van der Waals surface area contributed by atoms with E-state index in [1.54, 1.807) is 0 Å². The zero-order valence-corrected chi connectivity index (χ0v) is 12.0. The highest BCUT2D eigenvalue weighted by atomic mass is 16.5. The molecule has 0 aromatic carbocycles. The third-order valence-electron chi connectivity index (χ3n) is 5.14. The third-order valence-corrected chi connectivity index (χ3v) is 5.14. The summed E-state index contributed by atoms with van der Waals surface area (Å²) in [6.45, 7) is 8.58. The molecule has 1 amide bonds. The topological polar surface area (TPSA) is 29.5 Å². The molecule has 3 heteroatoms. The van der Waals surface area contributed by atoms with Gasteiger partial charge in [-0.15, -0.1) is 0 Å². The molecule has 1 spiro atoms. The van der Waals surface area contributed by atoms with Gasteiger partial charge in [0.2, 0.25) is 5.91 Å². The zero-order chi connectivity index (χ0) is 13.6. The average molecular weight is 261 g/mol. The summed E-state index contributed by atoms with van der Waals surface area (Å²) in [6, 6.07) is 0.296. The minimum absolute atomic E-state index is 0.0745. The van der Waals surface area contributed by atoms with Crippen LogP contribution in [0.25, 0.3) is 0 Å². The van der Waals surface area contributed by atoms with E-state index in [1.165, 1.54) is 19.3 Å². The Morgan fingerprint density at radius 3 is 2.58 bits per heavy atom. The van der Waals surface area contributed by atoms with Gasteiger partial charge in [-0.2, -0.15) is 0 Å². The largest absolute Gasteiger partial charge is 0.488 e. The van der Waals surface area contributed by atoms with Crippen LogP contribution in [0.1, 0.15) is 52.4 Å². The maximum absolute atomic E-state index is 12.9. The van der Waals surface area contributed by atoms with E-state index in [1.807, 2.05) is 11.8 Å². The summed E-state index contributed by atoms with van der Waals surface area (Å²) in [5.41, 5.74) is 2.02. The highest BCUT2D eigenvalue weighted by molar-refractivity contribution is 5.87. The number of carbonyl (C=O) groups excluding carboxylic acids is 1. The van der Waals surface area contributed by atoms with Gasteiger partial charge in [0.25, 0.3) is 0 Å². The van der Waals surface area contributed by atoms with Gasteiger partial charge in [-0.3, -0.25) is 4.79 Å². The first kappa shape index (κ1) is 12.8. The van der Waals surface area contributed by atoms with Gasteiger partial charge in [-0.1, -0.05) is 25.8 Å². The molecule has 19 heavy (non-hydrogen) atoms. The molecule has 3 rings (SSSR count). The highest BCUT2D eigenvalue weighted by Crippen LogP contribution is 2.49. The van der Waals surface area contributed by atoms with Crippen molar-refractivity contribution in [3.63, 3.8) is 0 Å². The van der Waals surface area contributed by atoms with Crippen molar-refractivity contribution in [2.75, 3.05) is 6.61 Å². The Balaban J connectivity index is 1.92. The number of ether oxygens (including phenoxy) is 1. The number of hydrogen-bond acceptors (Lipinski definition) is 2. The molecule has 3 aliphatic rings. The van der Waals surface area contributed by atoms with Gasteiger partial charge in [-0.25, -0.2) is 0 Å². The Morgan fingerprint density at radius 2 is 2.00 bits per heavy atom. The fourth-order valence-electron chi connectivity index (χ4n) is 4.02. The van der Waals surface area contributed by atoms with Gasteiger partial charge in [-0.05, 0) is 33.1 Å². The van der Waals surface area contributed by atoms with Crippen molar-refractivity contribution in [1.29, 1.82) is 0 Å². The number of likely N-dealkylation sites (tertiary alicyclic amines) is 1. The van der Waals surface area contributed by atoms with Crippen molar-refractivity contribution in [2.45, 2.75) is 58.4 Å². The third kappa shape index (κ3) is 1.82. The van der Waals surface area contributed by atoms with Crippen molar-refractivity contribution in [3.8, 4) is 0 Å². The second-order valence-electron chi connectivity index (χ2n) is 6.35. The lowest BCUT2D eigenvalue weighted by Gasteiger charge is -2.31. The fraction of sp³-hybridized carbons (Fsp3) is 0.688. The van der Waals surface area contributed by atoms with Crippen molar-refractivity contribution < 1.29 is 9.53 Å². The number of carbonyl (C=O) groups is 1. The molecule has 104 valence electrons. The zero-order valence-electron chi connectivity index (χ0n) is 12.0. The summed E-state index contributed by atoms with van der Waals surface area (Å²) < 4.78 is 5.50. The Labute approximate surface area is 115 Å². The smallest absolute Gasteiger partial charge is 0.233 e. The van der Waals surface area contributed by atoms with Gasteiger partial charge in [0.15, 0.2) is 0 Å². The first-order valence-corrected chi connectivity index (χ1v) is 7.41. The quantitative estimate of drug-likeness (QED) is 0.724. The molecule has 1 unspecified atom stereocenters. The van der Waals surface area contributed by atoms with Crippen LogP contribution in [0.5, 0.6) is 0 Å². The Hall–Kier alpha value is -1.25. The molecule has 1 atom stereocenters. The van der Waals surface area contributed by atoms with Crippen LogP contribution < -0.4 is 0 Å². The van der Waals surface area contributed by atoms with Gasteiger partial charge in [0.1, 0.15) is 12.4 Å². The molecule has 0 radical (unpaired) electrons. The number of allylic oxidation sites excluding steroid dienone is 1. The van der Waals surface area contributed by atoms with Crippen molar-refractivity contribution >= 4 is 5.91 Å². The number of rotatable bonds is 1. The van der Waals surface area contributed by atoms with Crippen LogP contribution in [0.2, 0.25) is 0 Å². The van der Waals surface area contributed by atoms with Crippen molar-refractivity contribution in [1.82, 2.24) is 4.90 Å². The first-order chi connectivity index (χ1) is 9.05. The number of amides is 1. The van der Waals surface area contributed by atoms with E-state index >= 15 is 0 Å². The van der Waals surface area contributed by atoms with Crippen LogP contribution in [-0.2, 0) is 9.53 Å². The molecule has 3 nitrogen and oxygen atoms in total. The molecule has 1 aliphatic carbocycles. The molecule has 1 saturated carbocycles. The van der Waals surface area contributed by atoms with Gasteiger partial charge in [0, 0.05) is 11.6 Å². The molecular formula is C16H23NO2. The summed E-state index contributed by atoms with van der Waals surface area (Å²) in [5.74, 6) is 1.06. The normalized spacial score (nSPS) is 30.4.